The van der Waals surface area contributed by atoms with Crippen LogP contribution in [0.5, 0.6) is 0 Å². The molecule has 2 atom stereocenters. The van der Waals surface area contributed by atoms with Crippen LogP contribution in [0.3, 0.4) is 0 Å². The normalized spacial score (nSPS) is 19.5. The van der Waals surface area contributed by atoms with Gasteiger partial charge in [-0.1, -0.05) is 42.5 Å². The zero-order valence-corrected chi connectivity index (χ0v) is 15.7. The lowest BCUT2D eigenvalue weighted by Gasteiger charge is -2.30. The third-order valence-electron chi connectivity index (χ3n) is 5.10. The van der Waals surface area contributed by atoms with Gasteiger partial charge in [0, 0.05) is 32.2 Å². The summed E-state index contributed by atoms with van der Waals surface area (Å²) in [7, 11) is 0. The lowest BCUT2D eigenvalue weighted by molar-refractivity contribution is -0.135. The second kappa shape index (κ2) is 9.11. The minimum Gasteiger partial charge on any atom is -0.388 e. The second-order valence-corrected chi connectivity index (χ2v) is 7.29. The largest absolute Gasteiger partial charge is 0.388 e. The average molecular weight is 370 g/mol. The average Bonchev–Trinajstić information content (AvgIpc) is 2.83. The maximum absolute atomic E-state index is 13.3. The monoisotopic (exact) mass is 370 g/mol. The lowest BCUT2D eigenvalue weighted by atomic mass is 10.1. The van der Waals surface area contributed by atoms with Gasteiger partial charge in [-0.05, 0) is 36.6 Å². The molecule has 1 aliphatic rings. The van der Waals surface area contributed by atoms with E-state index in [0.29, 0.717) is 12.1 Å². The number of aliphatic hydroxyl groups is 1. The van der Waals surface area contributed by atoms with Crippen molar-refractivity contribution in [1.29, 1.82) is 0 Å². The molecule has 1 saturated heterocycles. The number of nitrogens with zero attached hydrogens (tertiary/aromatic N) is 2. The molecule has 3 rings (SSSR count). The predicted molar refractivity (Wildman–Crippen MR) is 103 cm³/mol. The van der Waals surface area contributed by atoms with E-state index >= 15 is 0 Å². The van der Waals surface area contributed by atoms with Crippen LogP contribution in [-0.4, -0.2) is 46.5 Å². The van der Waals surface area contributed by atoms with Crippen molar-refractivity contribution in [3.63, 3.8) is 0 Å². The van der Waals surface area contributed by atoms with Crippen LogP contribution in [0.25, 0.3) is 0 Å². The summed E-state index contributed by atoms with van der Waals surface area (Å²) < 4.78 is 13.3. The molecule has 1 heterocycles. The zero-order chi connectivity index (χ0) is 19.2. The first-order valence-electron chi connectivity index (χ1n) is 9.52. The first-order valence-corrected chi connectivity index (χ1v) is 9.52. The van der Waals surface area contributed by atoms with Crippen LogP contribution < -0.4 is 0 Å². The van der Waals surface area contributed by atoms with Gasteiger partial charge in [0.25, 0.3) is 0 Å². The van der Waals surface area contributed by atoms with Crippen LogP contribution >= 0.6 is 0 Å². The van der Waals surface area contributed by atoms with Gasteiger partial charge in [-0.25, -0.2) is 4.39 Å². The van der Waals surface area contributed by atoms with Gasteiger partial charge in [0.05, 0.1) is 12.5 Å². The maximum Gasteiger partial charge on any atom is 0.225 e. The molecule has 1 fully saturated rings. The van der Waals surface area contributed by atoms with E-state index in [0.717, 1.165) is 26.1 Å². The van der Waals surface area contributed by atoms with Crippen LogP contribution in [0.4, 0.5) is 4.39 Å². The highest BCUT2D eigenvalue weighted by Gasteiger charge is 2.27. The molecule has 0 saturated carbocycles. The summed E-state index contributed by atoms with van der Waals surface area (Å²) in [5.74, 6) is -0.487. The Morgan fingerprint density at radius 1 is 1.19 bits per heavy atom. The molecule has 0 radical (unpaired) electrons. The van der Waals surface area contributed by atoms with Crippen LogP contribution in [0.15, 0.2) is 54.6 Å². The zero-order valence-electron chi connectivity index (χ0n) is 15.7. The molecule has 1 aliphatic heterocycles. The second-order valence-electron chi connectivity index (χ2n) is 7.29. The van der Waals surface area contributed by atoms with Gasteiger partial charge in [0.2, 0.25) is 5.91 Å². The number of amides is 1. The van der Waals surface area contributed by atoms with Crippen LogP contribution in [-0.2, 0) is 11.3 Å². The minimum atomic E-state index is -0.982. The fourth-order valence-electron chi connectivity index (χ4n) is 3.72. The van der Waals surface area contributed by atoms with Crippen molar-refractivity contribution in [3.05, 3.63) is 71.5 Å². The molecule has 2 aromatic rings. The van der Waals surface area contributed by atoms with Crippen molar-refractivity contribution < 1.29 is 14.3 Å². The molecular formula is C22H27FN2O2. The van der Waals surface area contributed by atoms with Gasteiger partial charge < -0.3 is 10.0 Å². The van der Waals surface area contributed by atoms with E-state index in [1.165, 1.54) is 17.7 Å². The highest BCUT2D eigenvalue weighted by Crippen LogP contribution is 2.21. The summed E-state index contributed by atoms with van der Waals surface area (Å²) in [6, 6.07) is 16.2. The van der Waals surface area contributed by atoms with Gasteiger partial charge in [-0.3, -0.25) is 9.69 Å². The number of carbonyl (C=O) groups is 1. The van der Waals surface area contributed by atoms with E-state index in [-0.39, 0.29) is 18.4 Å². The standard InChI is InChI=1S/C22H27FN2O2/c1-17-15-24(16-18-7-3-2-4-8-18)11-6-12-25(17)22(27)14-21(26)19-9-5-10-20(23)13-19/h2-5,7-10,13,17,21,26H,6,11-12,14-16H2,1H3/t17-,21+/m1/s1. The van der Waals surface area contributed by atoms with Crippen molar-refractivity contribution in [2.24, 2.45) is 0 Å². The topological polar surface area (TPSA) is 43.8 Å². The Morgan fingerprint density at radius 3 is 2.70 bits per heavy atom. The van der Waals surface area contributed by atoms with Gasteiger partial charge in [-0.15, -0.1) is 0 Å². The number of hydrogen-bond donors (Lipinski definition) is 1. The van der Waals surface area contributed by atoms with E-state index in [9.17, 15) is 14.3 Å². The number of halogens is 1. The fraction of sp³-hybridized carbons (Fsp3) is 0.409. The molecule has 2 aromatic carbocycles. The fourth-order valence-corrected chi connectivity index (χ4v) is 3.72. The Morgan fingerprint density at radius 2 is 1.96 bits per heavy atom. The molecule has 1 N–H and O–H groups in total. The van der Waals surface area contributed by atoms with E-state index in [4.69, 9.17) is 0 Å². The Balaban J connectivity index is 1.59. The van der Waals surface area contributed by atoms with E-state index in [1.807, 2.05) is 23.1 Å². The van der Waals surface area contributed by atoms with Crippen LogP contribution in [0.1, 0.15) is 37.0 Å². The number of hydrogen-bond acceptors (Lipinski definition) is 3. The summed E-state index contributed by atoms with van der Waals surface area (Å²) in [6.07, 6.45) is -0.102. The third kappa shape index (κ3) is 5.37. The molecule has 0 bridgehead atoms. The van der Waals surface area contributed by atoms with Crippen LogP contribution in [0.2, 0.25) is 0 Å². The van der Waals surface area contributed by atoms with Crippen molar-refractivity contribution in [3.8, 4) is 0 Å². The first kappa shape index (κ1) is 19.5. The van der Waals surface area contributed by atoms with Crippen LogP contribution in [0, 0.1) is 5.82 Å². The van der Waals surface area contributed by atoms with E-state index in [2.05, 4.69) is 24.0 Å². The minimum absolute atomic E-state index is 0.0214. The maximum atomic E-state index is 13.3. The number of aliphatic hydroxyl groups excluding tert-OH is 1. The van der Waals surface area contributed by atoms with Crippen molar-refractivity contribution in [2.45, 2.75) is 38.5 Å². The molecule has 1 amide bonds. The lowest BCUT2D eigenvalue weighted by Crippen LogP contribution is -2.42. The summed E-state index contributed by atoms with van der Waals surface area (Å²) in [4.78, 5) is 17.0. The Bertz CT molecular complexity index is 753. The number of carbonyl (C=O) groups excluding carboxylic acids is 1. The Kier molecular flexibility index (Phi) is 6.58. The molecule has 27 heavy (non-hydrogen) atoms. The van der Waals surface area contributed by atoms with E-state index in [1.54, 1.807) is 12.1 Å². The predicted octanol–water partition coefficient (Wildman–Crippen LogP) is 3.37. The summed E-state index contributed by atoms with van der Waals surface area (Å²) in [5, 5.41) is 10.3. The SMILES string of the molecule is C[C@@H]1CN(Cc2ccccc2)CCCN1C(=O)C[C@H](O)c1cccc(F)c1. The van der Waals surface area contributed by atoms with Crippen molar-refractivity contribution >= 4 is 5.91 Å². The van der Waals surface area contributed by atoms with Crippen molar-refractivity contribution in [1.82, 2.24) is 9.80 Å². The molecule has 0 aliphatic carbocycles. The molecule has 4 nitrogen and oxygen atoms in total. The summed E-state index contributed by atoms with van der Waals surface area (Å²) >= 11 is 0. The highest BCUT2D eigenvalue weighted by atomic mass is 19.1. The van der Waals surface area contributed by atoms with Crippen molar-refractivity contribution in [2.75, 3.05) is 19.6 Å². The molecule has 144 valence electrons. The Hall–Kier alpha value is -2.24. The van der Waals surface area contributed by atoms with Gasteiger partial charge in [-0.2, -0.15) is 0 Å². The summed E-state index contributed by atoms with van der Waals surface area (Å²) in [5.41, 5.74) is 1.71. The third-order valence-corrected chi connectivity index (χ3v) is 5.10. The van der Waals surface area contributed by atoms with Gasteiger partial charge >= 0.3 is 0 Å². The van der Waals surface area contributed by atoms with Gasteiger partial charge in [0.1, 0.15) is 5.82 Å². The molecule has 0 spiro atoms. The number of benzene rings is 2. The number of rotatable bonds is 5. The molecular weight excluding hydrogens is 343 g/mol. The smallest absolute Gasteiger partial charge is 0.225 e. The quantitative estimate of drug-likeness (QED) is 0.878. The highest BCUT2D eigenvalue weighted by molar-refractivity contribution is 5.77. The molecule has 0 unspecified atom stereocenters. The molecule has 5 heteroatoms. The Labute approximate surface area is 160 Å². The summed E-state index contributed by atoms with van der Waals surface area (Å²) in [6.45, 7) is 5.35. The van der Waals surface area contributed by atoms with Gasteiger partial charge in [0.15, 0.2) is 0 Å². The van der Waals surface area contributed by atoms with E-state index < -0.39 is 11.9 Å². The molecule has 0 aromatic heterocycles. The first-order chi connectivity index (χ1) is 13.0.